The highest BCUT2D eigenvalue weighted by Gasteiger charge is 2.32. The third kappa shape index (κ3) is 4.71. The molecule has 0 atom stereocenters. The number of rotatable bonds is 4. The molecule has 1 aliphatic heterocycles. The molecule has 31 heavy (non-hydrogen) atoms. The third-order valence-electron chi connectivity index (χ3n) is 6.22. The standard InChI is InChI=1S/C24H30N4O3/c1-24(2)13-20-16(21(29)14-24)12-17(23(31)27-20)22(30)26-19-7-5-4-6-18(19)25-15-8-10-28(3)11-9-15/h4-7,12,15,25H,8-11,13-14H2,1-3H3,(H,26,30)(H,27,31). The summed E-state index contributed by atoms with van der Waals surface area (Å²) < 4.78 is 0. The molecule has 2 aliphatic rings. The van der Waals surface area contributed by atoms with E-state index in [4.69, 9.17) is 0 Å². The first-order valence-electron chi connectivity index (χ1n) is 10.9. The number of piperidine rings is 1. The van der Waals surface area contributed by atoms with Crippen LogP contribution in [0.15, 0.2) is 35.1 Å². The molecule has 1 aromatic heterocycles. The highest BCUT2D eigenvalue weighted by atomic mass is 16.2. The quantitative estimate of drug-likeness (QED) is 0.703. The number of aromatic nitrogens is 1. The van der Waals surface area contributed by atoms with Gasteiger partial charge >= 0.3 is 0 Å². The Balaban J connectivity index is 1.55. The number of carbonyl (C=O) groups excluding carboxylic acids is 2. The molecule has 7 nitrogen and oxygen atoms in total. The minimum atomic E-state index is -0.515. The van der Waals surface area contributed by atoms with E-state index in [1.54, 1.807) is 0 Å². The number of nitrogens with one attached hydrogen (secondary N) is 3. The van der Waals surface area contributed by atoms with E-state index in [0.717, 1.165) is 31.6 Å². The fraction of sp³-hybridized carbons (Fsp3) is 0.458. The molecular formula is C24H30N4O3. The molecule has 0 radical (unpaired) electrons. The minimum absolute atomic E-state index is 0.0408. The number of pyridine rings is 1. The van der Waals surface area contributed by atoms with Gasteiger partial charge in [-0.25, -0.2) is 0 Å². The fourth-order valence-corrected chi connectivity index (χ4v) is 4.48. The summed E-state index contributed by atoms with van der Waals surface area (Å²) in [6.45, 7) is 6.06. The second-order valence-corrected chi connectivity index (χ2v) is 9.57. The summed E-state index contributed by atoms with van der Waals surface area (Å²) >= 11 is 0. The second kappa shape index (κ2) is 8.30. The predicted octanol–water partition coefficient (Wildman–Crippen LogP) is 3.29. The van der Waals surface area contributed by atoms with Gasteiger partial charge in [0, 0.05) is 23.7 Å². The molecular weight excluding hydrogens is 392 g/mol. The maximum absolute atomic E-state index is 13.0. The Kier molecular flexibility index (Phi) is 5.71. The van der Waals surface area contributed by atoms with Gasteiger partial charge in [0.15, 0.2) is 5.78 Å². The number of ketones is 1. The lowest BCUT2D eigenvalue weighted by Crippen LogP contribution is -2.37. The van der Waals surface area contributed by atoms with Gasteiger partial charge in [0.25, 0.3) is 11.5 Å². The van der Waals surface area contributed by atoms with Crippen LogP contribution in [0, 0.1) is 5.41 Å². The van der Waals surface area contributed by atoms with Crippen molar-refractivity contribution in [3.63, 3.8) is 0 Å². The highest BCUT2D eigenvalue weighted by molar-refractivity contribution is 6.08. The second-order valence-electron chi connectivity index (χ2n) is 9.57. The number of benzene rings is 1. The molecule has 1 aromatic carbocycles. The van der Waals surface area contributed by atoms with Crippen LogP contribution in [-0.4, -0.2) is 47.8 Å². The average molecular weight is 423 g/mol. The smallest absolute Gasteiger partial charge is 0.261 e. The summed E-state index contributed by atoms with van der Waals surface area (Å²) in [7, 11) is 2.12. The average Bonchev–Trinajstić information content (AvgIpc) is 2.69. The first-order valence-corrected chi connectivity index (χ1v) is 10.9. The molecule has 3 N–H and O–H groups in total. The number of hydrogen-bond donors (Lipinski definition) is 3. The van der Waals surface area contributed by atoms with Gasteiger partial charge in [0.05, 0.1) is 11.4 Å². The zero-order chi connectivity index (χ0) is 22.2. The van der Waals surface area contributed by atoms with E-state index in [1.807, 2.05) is 38.1 Å². The van der Waals surface area contributed by atoms with Crippen molar-refractivity contribution >= 4 is 23.1 Å². The van der Waals surface area contributed by atoms with Crippen LogP contribution in [0.2, 0.25) is 0 Å². The van der Waals surface area contributed by atoms with E-state index in [2.05, 4.69) is 27.6 Å². The van der Waals surface area contributed by atoms with Gasteiger partial charge in [-0.2, -0.15) is 0 Å². The minimum Gasteiger partial charge on any atom is -0.381 e. The lowest BCUT2D eigenvalue weighted by Gasteiger charge is -2.30. The summed E-state index contributed by atoms with van der Waals surface area (Å²) in [5, 5.41) is 6.39. The lowest BCUT2D eigenvalue weighted by atomic mass is 9.75. The van der Waals surface area contributed by atoms with Gasteiger partial charge in [-0.1, -0.05) is 26.0 Å². The van der Waals surface area contributed by atoms with Crippen LogP contribution in [0.4, 0.5) is 11.4 Å². The summed E-state index contributed by atoms with van der Waals surface area (Å²) in [4.78, 5) is 43.2. The van der Waals surface area contributed by atoms with Crippen molar-refractivity contribution in [1.82, 2.24) is 9.88 Å². The number of aromatic amines is 1. The molecule has 0 bridgehead atoms. The Morgan fingerprint density at radius 2 is 1.77 bits per heavy atom. The number of anilines is 2. The predicted molar refractivity (Wildman–Crippen MR) is 122 cm³/mol. The monoisotopic (exact) mass is 422 g/mol. The van der Waals surface area contributed by atoms with Crippen molar-refractivity contribution < 1.29 is 9.59 Å². The number of nitrogens with zero attached hydrogens (tertiary/aromatic N) is 1. The van der Waals surface area contributed by atoms with Crippen LogP contribution in [0.1, 0.15) is 59.5 Å². The number of likely N-dealkylation sites (tertiary alicyclic amines) is 1. The maximum Gasteiger partial charge on any atom is 0.261 e. The molecule has 1 amide bonds. The number of Topliss-reactive ketones (excluding diaryl/α,β-unsaturated/α-hetero) is 1. The summed E-state index contributed by atoms with van der Waals surface area (Å²) in [5.41, 5.74) is 1.81. The molecule has 7 heteroatoms. The number of fused-ring (bicyclic) bond motifs is 1. The Bertz CT molecular complexity index is 1060. The van der Waals surface area contributed by atoms with Gasteiger partial charge in [-0.05, 0) is 63.0 Å². The molecule has 1 saturated heterocycles. The van der Waals surface area contributed by atoms with Gasteiger partial charge < -0.3 is 20.5 Å². The van der Waals surface area contributed by atoms with Crippen LogP contribution < -0.4 is 16.2 Å². The molecule has 1 fully saturated rings. The van der Waals surface area contributed by atoms with E-state index in [-0.39, 0.29) is 16.8 Å². The number of hydrogen-bond acceptors (Lipinski definition) is 5. The van der Waals surface area contributed by atoms with Gasteiger partial charge in [-0.3, -0.25) is 14.4 Å². The van der Waals surface area contributed by atoms with Crippen molar-refractivity contribution in [2.45, 2.75) is 45.6 Å². The third-order valence-corrected chi connectivity index (χ3v) is 6.22. The summed E-state index contributed by atoms with van der Waals surface area (Å²) in [6, 6.07) is 9.29. The Hall–Kier alpha value is -2.93. The SMILES string of the molecule is CN1CCC(Nc2ccccc2NC(=O)c2cc3c([nH]c2=O)CC(C)(C)CC3=O)CC1. The fourth-order valence-electron chi connectivity index (χ4n) is 4.48. The number of H-pyrrole nitrogens is 1. The maximum atomic E-state index is 13.0. The topological polar surface area (TPSA) is 94.3 Å². The molecule has 2 aromatic rings. The van der Waals surface area contributed by atoms with E-state index < -0.39 is 11.5 Å². The lowest BCUT2D eigenvalue weighted by molar-refractivity contribution is 0.0910. The zero-order valence-corrected chi connectivity index (χ0v) is 18.4. The van der Waals surface area contributed by atoms with E-state index in [1.165, 1.54) is 6.07 Å². The Morgan fingerprint density at radius 1 is 1.10 bits per heavy atom. The van der Waals surface area contributed by atoms with Crippen LogP contribution in [0.5, 0.6) is 0 Å². The van der Waals surface area contributed by atoms with Crippen molar-refractivity contribution in [2.75, 3.05) is 30.8 Å². The van der Waals surface area contributed by atoms with Gasteiger partial charge in [-0.15, -0.1) is 0 Å². The van der Waals surface area contributed by atoms with Crippen molar-refractivity contribution in [1.29, 1.82) is 0 Å². The number of para-hydroxylation sites is 2. The molecule has 4 rings (SSSR count). The summed E-state index contributed by atoms with van der Waals surface area (Å²) in [5.74, 6) is -0.555. The number of carbonyl (C=O) groups is 2. The summed E-state index contributed by atoms with van der Waals surface area (Å²) in [6.07, 6.45) is 3.06. The molecule has 164 valence electrons. The Morgan fingerprint density at radius 3 is 2.48 bits per heavy atom. The first kappa shape index (κ1) is 21.3. The molecule has 0 saturated carbocycles. The Labute approximate surface area is 182 Å². The van der Waals surface area contributed by atoms with Crippen LogP contribution >= 0.6 is 0 Å². The van der Waals surface area contributed by atoms with E-state index in [0.29, 0.717) is 35.8 Å². The molecule has 2 heterocycles. The highest BCUT2D eigenvalue weighted by Crippen LogP contribution is 2.33. The first-order chi connectivity index (χ1) is 14.7. The van der Waals surface area contributed by atoms with Crippen molar-refractivity contribution in [2.24, 2.45) is 5.41 Å². The van der Waals surface area contributed by atoms with E-state index in [9.17, 15) is 14.4 Å². The van der Waals surface area contributed by atoms with Gasteiger partial charge in [0.2, 0.25) is 0 Å². The van der Waals surface area contributed by atoms with Crippen molar-refractivity contribution in [3.05, 3.63) is 57.5 Å². The van der Waals surface area contributed by atoms with Crippen LogP contribution in [0.25, 0.3) is 0 Å². The molecule has 0 spiro atoms. The van der Waals surface area contributed by atoms with Crippen molar-refractivity contribution in [3.8, 4) is 0 Å². The molecule has 1 aliphatic carbocycles. The zero-order valence-electron chi connectivity index (χ0n) is 18.4. The normalized spacial score (nSPS) is 19.0. The molecule has 0 unspecified atom stereocenters. The van der Waals surface area contributed by atoms with Crippen LogP contribution in [0.3, 0.4) is 0 Å². The number of amides is 1. The largest absolute Gasteiger partial charge is 0.381 e. The van der Waals surface area contributed by atoms with E-state index >= 15 is 0 Å². The van der Waals surface area contributed by atoms with Crippen LogP contribution in [-0.2, 0) is 6.42 Å². The van der Waals surface area contributed by atoms with Gasteiger partial charge in [0.1, 0.15) is 5.56 Å².